The molecule has 1 amide bonds. The Morgan fingerprint density at radius 2 is 1.97 bits per heavy atom. The molecule has 8 nitrogen and oxygen atoms in total. The van der Waals surface area contributed by atoms with Gasteiger partial charge in [0.15, 0.2) is 17.5 Å². The van der Waals surface area contributed by atoms with E-state index in [1.807, 2.05) is 31.4 Å². The first-order valence-electron chi connectivity index (χ1n) is 10.4. The molecule has 3 unspecified atom stereocenters. The topological polar surface area (TPSA) is 96.8 Å². The van der Waals surface area contributed by atoms with Crippen LogP contribution >= 0.6 is 11.8 Å². The molecule has 3 heterocycles. The van der Waals surface area contributed by atoms with Crippen LogP contribution in [0.5, 0.6) is 0 Å². The maximum atomic E-state index is 13.3. The van der Waals surface area contributed by atoms with Gasteiger partial charge in [0.1, 0.15) is 6.04 Å². The van der Waals surface area contributed by atoms with Gasteiger partial charge >= 0.3 is 0 Å². The first kappa shape index (κ1) is 20.7. The summed E-state index contributed by atoms with van der Waals surface area (Å²) in [6.45, 7) is 4.12. The Morgan fingerprint density at radius 3 is 2.66 bits per heavy atom. The van der Waals surface area contributed by atoms with Crippen molar-refractivity contribution in [3.63, 3.8) is 0 Å². The van der Waals surface area contributed by atoms with Crippen LogP contribution in [0.15, 0.2) is 41.9 Å². The van der Waals surface area contributed by atoms with Crippen LogP contribution in [0, 0.1) is 24.6 Å². The number of rotatable bonds is 5. The molecule has 0 bridgehead atoms. The lowest BCUT2D eigenvalue weighted by atomic mass is 10.1. The standard InChI is InChI=1S/C22H22FN7OS/c1-11-4-5-14(6-15(11)20-24-8-13(23)9-25-20)27-21(31)17-7-16-12(2)19(16)30(17)18-10-26-22(32-3)29-28-18/h4-6,8-10,12,16-17,19H,7H2,1-3H3,(H,27,31)/t12?,16?,17-,19?/m1/s1. The van der Waals surface area contributed by atoms with E-state index in [4.69, 9.17) is 0 Å². The van der Waals surface area contributed by atoms with Gasteiger partial charge < -0.3 is 10.2 Å². The second kappa shape index (κ2) is 8.09. The number of amides is 1. The van der Waals surface area contributed by atoms with Crippen molar-refractivity contribution in [1.29, 1.82) is 0 Å². The van der Waals surface area contributed by atoms with E-state index in [0.29, 0.717) is 34.3 Å². The maximum Gasteiger partial charge on any atom is 0.247 e. The van der Waals surface area contributed by atoms with Gasteiger partial charge in [-0.05, 0) is 49.1 Å². The van der Waals surface area contributed by atoms with Crippen LogP contribution in [-0.2, 0) is 4.79 Å². The van der Waals surface area contributed by atoms with E-state index in [9.17, 15) is 9.18 Å². The summed E-state index contributed by atoms with van der Waals surface area (Å²) < 4.78 is 13.2. The Bertz CT molecular complexity index is 1160. The highest BCUT2D eigenvalue weighted by atomic mass is 32.2. The second-order valence-corrected chi connectivity index (χ2v) is 8.99. The van der Waals surface area contributed by atoms with Crippen LogP contribution in [0.4, 0.5) is 15.9 Å². The second-order valence-electron chi connectivity index (χ2n) is 8.22. The van der Waals surface area contributed by atoms with E-state index >= 15 is 0 Å². The number of nitrogens with one attached hydrogen (secondary N) is 1. The molecule has 0 radical (unpaired) electrons. The van der Waals surface area contributed by atoms with Crippen LogP contribution in [0.1, 0.15) is 18.9 Å². The van der Waals surface area contributed by atoms with Gasteiger partial charge in [-0.3, -0.25) is 4.79 Å². The lowest BCUT2D eigenvalue weighted by Gasteiger charge is -2.28. The number of nitrogens with zero attached hydrogens (tertiary/aromatic N) is 6. The molecule has 2 aliphatic rings. The SMILES string of the molecule is CSc1ncc(N2C3C(C)C3C[C@@H]2C(=O)Nc2ccc(C)c(-c3ncc(F)cn3)c2)nn1. The highest BCUT2D eigenvalue weighted by molar-refractivity contribution is 7.98. The molecule has 3 aromatic rings. The number of piperidine rings is 1. The number of aromatic nitrogens is 5. The monoisotopic (exact) mass is 451 g/mol. The largest absolute Gasteiger partial charge is 0.338 e. The summed E-state index contributed by atoms with van der Waals surface area (Å²) in [4.78, 5) is 27.8. The number of carbonyl (C=O) groups excluding carboxylic acids is 1. The number of hydrogen-bond donors (Lipinski definition) is 1. The van der Waals surface area contributed by atoms with Crippen molar-refractivity contribution in [2.45, 2.75) is 37.5 Å². The Morgan fingerprint density at radius 1 is 1.19 bits per heavy atom. The average molecular weight is 452 g/mol. The third-order valence-corrected chi connectivity index (χ3v) is 6.86. The maximum absolute atomic E-state index is 13.3. The summed E-state index contributed by atoms with van der Waals surface area (Å²) in [6, 6.07) is 5.49. The number of aryl methyl sites for hydroxylation is 1. The third-order valence-electron chi connectivity index (χ3n) is 6.31. The lowest BCUT2D eigenvalue weighted by Crippen LogP contribution is -2.43. The van der Waals surface area contributed by atoms with Crippen LogP contribution in [0.25, 0.3) is 11.4 Å². The molecule has 1 saturated heterocycles. The van der Waals surface area contributed by atoms with Gasteiger partial charge in [-0.25, -0.2) is 19.3 Å². The number of halogens is 1. The van der Waals surface area contributed by atoms with Crippen molar-refractivity contribution in [3.05, 3.63) is 48.2 Å². The van der Waals surface area contributed by atoms with Crippen molar-refractivity contribution in [2.24, 2.45) is 11.8 Å². The van der Waals surface area contributed by atoms with Crippen LogP contribution in [0.2, 0.25) is 0 Å². The number of benzene rings is 1. The molecule has 0 spiro atoms. The van der Waals surface area contributed by atoms with Crippen LogP contribution in [-0.4, -0.2) is 49.4 Å². The predicted octanol–water partition coefficient (Wildman–Crippen LogP) is 3.35. The normalized spacial score (nSPS) is 23.7. The zero-order valence-electron chi connectivity index (χ0n) is 17.9. The van der Waals surface area contributed by atoms with Gasteiger partial charge in [-0.1, -0.05) is 24.8 Å². The summed E-state index contributed by atoms with van der Waals surface area (Å²) in [5, 5.41) is 12.1. The smallest absolute Gasteiger partial charge is 0.247 e. The summed E-state index contributed by atoms with van der Waals surface area (Å²) in [5.41, 5.74) is 2.31. The molecule has 2 fully saturated rings. The summed E-state index contributed by atoms with van der Waals surface area (Å²) >= 11 is 1.43. The Labute approximate surface area is 189 Å². The molecule has 1 aliphatic carbocycles. The highest BCUT2D eigenvalue weighted by Gasteiger charge is 2.60. The first-order valence-corrected chi connectivity index (χ1v) is 11.6. The average Bonchev–Trinajstić information content (AvgIpc) is 3.24. The fourth-order valence-electron chi connectivity index (χ4n) is 4.55. The molecule has 10 heteroatoms. The highest BCUT2D eigenvalue weighted by Crippen LogP contribution is 2.54. The van der Waals surface area contributed by atoms with Gasteiger partial charge in [0.25, 0.3) is 0 Å². The van der Waals surface area contributed by atoms with E-state index < -0.39 is 5.82 Å². The lowest BCUT2D eigenvalue weighted by molar-refractivity contribution is -0.117. The zero-order valence-corrected chi connectivity index (χ0v) is 18.7. The molecule has 1 aromatic carbocycles. The molecule has 1 saturated carbocycles. The molecule has 2 aromatic heterocycles. The minimum Gasteiger partial charge on any atom is -0.338 e. The Kier molecular flexibility index (Phi) is 5.24. The number of hydrogen-bond acceptors (Lipinski definition) is 8. The molecule has 1 N–H and O–H groups in total. The summed E-state index contributed by atoms with van der Waals surface area (Å²) in [5.74, 6) is 1.43. The van der Waals surface area contributed by atoms with Crippen molar-refractivity contribution in [2.75, 3.05) is 16.5 Å². The van der Waals surface area contributed by atoms with Crippen molar-refractivity contribution < 1.29 is 9.18 Å². The van der Waals surface area contributed by atoms with E-state index in [0.717, 1.165) is 29.9 Å². The number of anilines is 2. The van der Waals surface area contributed by atoms with E-state index in [2.05, 4.69) is 42.3 Å². The first-order chi connectivity index (χ1) is 15.5. The van der Waals surface area contributed by atoms with Gasteiger partial charge in [0, 0.05) is 17.3 Å². The Balaban J connectivity index is 1.38. The molecule has 164 valence electrons. The van der Waals surface area contributed by atoms with Crippen LogP contribution in [0.3, 0.4) is 0 Å². The van der Waals surface area contributed by atoms with E-state index in [1.54, 1.807) is 6.20 Å². The summed E-state index contributed by atoms with van der Waals surface area (Å²) in [7, 11) is 0. The minimum atomic E-state index is -0.492. The van der Waals surface area contributed by atoms with Gasteiger partial charge in [0.2, 0.25) is 11.1 Å². The number of carbonyl (C=O) groups is 1. The van der Waals surface area contributed by atoms with Crippen molar-refractivity contribution in [1.82, 2.24) is 25.1 Å². The molecule has 5 rings (SSSR count). The van der Waals surface area contributed by atoms with Gasteiger partial charge in [-0.15, -0.1) is 10.2 Å². The van der Waals surface area contributed by atoms with E-state index in [-0.39, 0.29) is 18.0 Å². The zero-order chi connectivity index (χ0) is 22.4. The third kappa shape index (κ3) is 3.68. The quantitative estimate of drug-likeness (QED) is 0.590. The minimum absolute atomic E-state index is 0.102. The van der Waals surface area contributed by atoms with Gasteiger partial charge in [-0.2, -0.15) is 0 Å². The van der Waals surface area contributed by atoms with Crippen molar-refractivity contribution >= 4 is 29.2 Å². The van der Waals surface area contributed by atoms with E-state index in [1.165, 1.54) is 11.8 Å². The number of thioether (sulfide) groups is 1. The molecule has 1 aliphatic heterocycles. The Hall–Kier alpha value is -3.14. The molecular formula is C22H22FN7OS. The predicted molar refractivity (Wildman–Crippen MR) is 120 cm³/mol. The van der Waals surface area contributed by atoms with Crippen LogP contribution < -0.4 is 10.2 Å². The molecular weight excluding hydrogens is 429 g/mol. The number of fused-ring (bicyclic) bond motifs is 1. The van der Waals surface area contributed by atoms with Crippen molar-refractivity contribution in [3.8, 4) is 11.4 Å². The van der Waals surface area contributed by atoms with Gasteiger partial charge in [0.05, 0.1) is 18.6 Å². The summed E-state index contributed by atoms with van der Waals surface area (Å²) in [6.07, 6.45) is 6.63. The fraction of sp³-hybridized carbons (Fsp3) is 0.364. The molecule has 4 atom stereocenters. The fourth-order valence-corrected chi connectivity index (χ4v) is 4.83. The molecule has 32 heavy (non-hydrogen) atoms.